The van der Waals surface area contributed by atoms with Crippen molar-refractivity contribution in [2.24, 2.45) is 5.92 Å². The third-order valence-corrected chi connectivity index (χ3v) is 6.10. The Bertz CT molecular complexity index is 930. The summed E-state index contributed by atoms with van der Waals surface area (Å²) in [5.74, 6) is -4.94. The van der Waals surface area contributed by atoms with Crippen molar-refractivity contribution in [1.29, 1.82) is 0 Å². The topological polar surface area (TPSA) is 125 Å². The number of carbonyl (C=O) groups excluding carboxylic acids is 3. The zero-order valence-electron chi connectivity index (χ0n) is 23.2. The van der Waals surface area contributed by atoms with Crippen LogP contribution in [0.15, 0.2) is 18.2 Å². The minimum atomic E-state index is -3.01. The molecule has 0 aliphatic heterocycles. The number of ketones is 1. The van der Waals surface area contributed by atoms with Crippen molar-refractivity contribution in [3.05, 3.63) is 34.3 Å². The number of alkyl halides is 2. The van der Waals surface area contributed by atoms with E-state index in [-0.39, 0.29) is 18.4 Å². The molecule has 0 aliphatic rings. The van der Waals surface area contributed by atoms with Gasteiger partial charge in [-0.1, -0.05) is 58.4 Å². The summed E-state index contributed by atoms with van der Waals surface area (Å²) < 4.78 is 25.8. The number of aliphatic carboxylic acids is 1. The maximum absolute atomic E-state index is 13.3. The monoisotopic (exact) mass is 561 g/mol. The van der Waals surface area contributed by atoms with Crippen LogP contribution in [0.4, 0.5) is 8.78 Å². The van der Waals surface area contributed by atoms with Gasteiger partial charge in [-0.2, -0.15) is 0 Å². The highest BCUT2D eigenvalue weighted by molar-refractivity contribution is 6.35. The van der Waals surface area contributed by atoms with Gasteiger partial charge >= 0.3 is 5.97 Å². The van der Waals surface area contributed by atoms with Gasteiger partial charge in [0.15, 0.2) is 0 Å². The number of carboxylic acid groups (broad SMARTS) is 1. The van der Waals surface area contributed by atoms with Crippen LogP contribution >= 0.6 is 11.6 Å². The molecule has 2 amide bonds. The summed E-state index contributed by atoms with van der Waals surface area (Å²) in [7, 11) is 0. The number of rotatable bonds is 15. The standard InChI is InChI=1S/C25H36ClF2N3O5.C2H6/c1-6-15(5)29-20(11-16-7-8-17(26)14(4)10-16)24(34)31-19(9-13(2)3)23(33)30-18(12-21(27)28)22(32)25(35)36;1-2/h7-8,10,13,15,18-21,29H,6,9,11-12H2,1-5H3,(H,30,33)(H,31,34)(H,35,36);1-2H3/t15?,18?,19-,20-;/m0./s1. The highest BCUT2D eigenvalue weighted by atomic mass is 35.5. The highest BCUT2D eigenvalue weighted by Gasteiger charge is 2.33. The molecule has 8 nitrogen and oxygen atoms in total. The van der Waals surface area contributed by atoms with Crippen molar-refractivity contribution in [3.63, 3.8) is 0 Å². The van der Waals surface area contributed by atoms with E-state index in [1.165, 1.54) is 0 Å². The minimum Gasteiger partial charge on any atom is -0.475 e. The molecule has 1 aromatic rings. The van der Waals surface area contributed by atoms with Crippen molar-refractivity contribution in [2.45, 2.75) is 105 Å². The largest absolute Gasteiger partial charge is 0.475 e. The summed E-state index contributed by atoms with van der Waals surface area (Å²) in [6.07, 6.45) is -2.96. The first-order chi connectivity index (χ1) is 17.7. The average molecular weight is 562 g/mol. The van der Waals surface area contributed by atoms with Gasteiger partial charge < -0.3 is 21.1 Å². The number of hydrogen-bond donors (Lipinski definition) is 4. The van der Waals surface area contributed by atoms with Crippen molar-refractivity contribution >= 4 is 35.2 Å². The van der Waals surface area contributed by atoms with Crippen LogP contribution in [0, 0.1) is 12.8 Å². The number of carbonyl (C=O) groups is 4. The van der Waals surface area contributed by atoms with Crippen LogP contribution in [0.2, 0.25) is 5.02 Å². The lowest BCUT2D eigenvalue weighted by Gasteiger charge is -2.27. The Morgan fingerprint density at radius 1 is 0.947 bits per heavy atom. The molecule has 0 aromatic heterocycles. The van der Waals surface area contributed by atoms with E-state index in [0.717, 1.165) is 17.5 Å². The third kappa shape index (κ3) is 12.8. The Hall–Kier alpha value is -2.59. The van der Waals surface area contributed by atoms with Crippen LogP contribution in [-0.2, 0) is 25.6 Å². The van der Waals surface area contributed by atoms with E-state index in [0.29, 0.717) is 11.4 Å². The predicted octanol–water partition coefficient (Wildman–Crippen LogP) is 4.30. The molecule has 0 fully saturated rings. The fourth-order valence-electron chi connectivity index (χ4n) is 3.56. The van der Waals surface area contributed by atoms with Crippen LogP contribution in [-0.4, -0.2) is 59.3 Å². The zero-order valence-corrected chi connectivity index (χ0v) is 24.0. The SMILES string of the molecule is CC.CCC(C)N[C@@H](Cc1ccc(Cl)c(C)c1)C(=O)N[C@@H](CC(C)C)C(=O)NC(CC(F)F)C(=O)C(=O)O. The van der Waals surface area contributed by atoms with E-state index in [2.05, 4.69) is 16.0 Å². The van der Waals surface area contributed by atoms with Gasteiger partial charge in [0, 0.05) is 17.5 Å². The van der Waals surface area contributed by atoms with E-state index >= 15 is 0 Å². The van der Waals surface area contributed by atoms with E-state index < -0.39 is 54.5 Å². The molecule has 0 aliphatic carbocycles. The molecule has 0 heterocycles. The summed E-state index contributed by atoms with van der Waals surface area (Å²) >= 11 is 6.11. The summed E-state index contributed by atoms with van der Waals surface area (Å²) in [6.45, 7) is 13.3. The number of aryl methyl sites for hydroxylation is 1. The molecule has 4 N–H and O–H groups in total. The van der Waals surface area contributed by atoms with Crippen LogP contribution in [0.5, 0.6) is 0 Å². The maximum Gasteiger partial charge on any atom is 0.374 e. The molecule has 2 unspecified atom stereocenters. The average Bonchev–Trinajstić information content (AvgIpc) is 2.84. The number of halogens is 3. The summed E-state index contributed by atoms with van der Waals surface area (Å²) in [6, 6.07) is 1.60. The Labute approximate surface area is 229 Å². The molecular weight excluding hydrogens is 520 g/mol. The van der Waals surface area contributed by atoms with E-state index in [4.69, 9.17) is 16.7 Å². The first kappa shape index (κ1) is 35.4. The van der Waals surface area contributed by atoms with Crippen LogP contribution < -0.4 is 16.0 Å². The van der Waals surface area contributed by atoms with Gasteiger partial charge in [0.05, 0.1) is 6.04 Å². The molecular formula is C27H42ClF2N3O5. The number of amides is 2. The summed E-state index contributed by atoms with van der Waals surface area (Å²) in [5, 5.41) is 17.5. The molecule has 0 spiro atoms. The van der Waals surface area contributed by atoms with Gasteiger partial charge in [-0.15, -0.1) is 0 Å². The highest BCUT2D eigenvalue weighted by Crippen LogP contribution is 2.18. The van der Waals surface area contributed by atoms with Crippen molar-refractivity contribution in [1.82, 2.24) is 16.0 Å². The lowest BCUT2D eigenvalue weighted by atomic mass is 9.99. The Kier molecular flexibility index (Phi) is 16.6. The molecule has 1 rings (SSSR count). The first-order valence-electron chi connectivity index (χ1n) is 12.9. The fraction of sp³-hybridized carbons (Fsp3) is 0.630. The van der Waals surface area contributed by atoms with Gasteiger partial charge in [0.2, 0.25) is 18.2 Å². The van der Waals surface area contributed by atoms with Crippen molar-refractivity contribution in [2.75, 3.05) is 0 Å². The Morgan fingerprint density at radius 2 is 1.50 bits per heavy atom. The van der Waals surface area contributed by atoms with Crippen molar-refractivity contribution in [3.8, 4) is 0 Å². The Balaban J connectivity index is 0.00000667. The molecule has 11 heteroatoms. The molecule has 0 saturated heterocycles. The van der Waals surface area contributed by atoms with Crippen LogP contribution in [0.3, 0.4) is 0 Å². The number of carboxylic acids is 1. The predicted molar refractivity (Wildman–Crippen MR) is 144 cm³/mol. The van der Waals surface area contributed by atoms with E-state index in [1.54, 1.807) is 26.0 Å². The van der Waals surface area contributed by atoms with Gasteiger partial charge in [0.1, 0.15) is 12.1 Å². The molecule has 0 radical (unpaired) electrons. The second kappa shape index (κ2) is 17.8. The number of hydrogen-bond acceptors (Lipinski definition) is 5. The molecule has 0 saturated carbocycles. The summed E-state index contributed by atoms with van der Waals surface area (Å²) in [5.41, 5.74) is 1.70. The van der Waals surface area contributed by atoms with Gasteiger partial charge in [0.25, 0.3) is 5.78 Å². The lowest BCUT2D eigenvalue weighted by molar-refractivity contribution is -0.151. The zero-order chi connectivity index (χ0) is 29.6. The van der Waals surface area contributed by atoms with Gasteiger partial charge in [-0.25, -0.2) is 13.6 Å². The maximum atomic E-state index is 13.3. The molecule has 4 atom stereocenters. The van der Waals surface area contributed by atoms with E-state index in [9.17, 15) is 28.0 Å². The smallest absolute Gasteiger partial charge is 0.374 e. The molecule has 0 bridgehead atoms. The number of nitrogens with one attached hydrogen (secondary N) is 3. The molecule has 38 heavy (non-hydrogen) atoms. The van der Waals surface area contributed by atoms with E-state index in [1.807, 2.05) is 40.7 Å². The van der Waals surface area contributed by atoms with Crippen LogP contribution in [0.1, 0.15) is 71.9 Å². The second-order valence-electron chi connectivity index (χ2n) is 9.36. The molecule has 1 aromatic carbocycles. The normalized spacial score (nSPS) is 14.1. The summed E-state index contributed by atoms with van der Waals surface area (Å²) in [4.78, 5) is 49.1. The number of benzene rings is 1. The lowest BCUT2D eigenvalue weighted by Crippen LogP contribution is -2.57. The molecule has 216 valence electrons. The fourth-order valence-corrected chi connectivity index (χ4v) is 3.68. The van der Waals surface area contributed by atoms with Gasteiger partial charge in [-0.05, 0) is 56.2 Å². The minimum absolute atomic E-state index is 0.0184. The number of Topliss-reactive ketones (excluding diaryl/α,β-unsaturated/α-hetero) is 1. The van der Waals surface area contributed by atoms with Crippen molar-refractivity contribution < 1.29 is 33.1 Å². The van der Waals surface area contributed by atoms with Gasteiger partial charge in [-0.3, -0.25) is 14.4 Å². The second-order valence-corrected chi connectivity index (χ2v) is 9.77. The Morgan fingerprint density at radius 3 is 1.97 bits per heavy atom. The third-order valence-electron chi connectivity index (χ3n) is 5.67. The van der Waals surface area contributed by atoms with Crippen LogP contribution in [0.25, 0.3) is 0 Å². The quantitative estimate of drug-likeness (QED) is 0.237. The first-order valence-corrected chi connectivity index (χ1v) is 13.3.